The van der Waals surface area contributed by atoms with Gasteiger partial charge in [-0.2, -0.15) is 0 Å². The number of hydrogen-bond acceptors (Lipinski definition) is 1. The summed E-state index contributed by atoms with van der Waals surface area (Å²) >= 11 is 0. The number of rotatable bonds is 10. The molecule has 0 radical (unpaired) electrons. The first-order valence-corrected chi connectivity index (χ1v) is 14.7. The van der Waals surface area contributed by atoms with Gasteiger partial charge in [0.2, 0.25) is 0 Å². The van der Waals surface area contributed by atoms with Crippen molar-refractivity contribution < 1.29 is 21.7 Å². The van der Waals surface area contributed by atoms with E-state index in [4.69, 9.17) is 4.74 Å². The van der Waals surface area contributed by atoms with Crippen LogP contribution in [-0.4, -0.2) is 17.0 Å². The summed E-state index contributed by atoms with van der Waals surface area (Å²) in [5, 5.41) is 0. The van der Waals surface area contributed by atoms with Crippen LogP contribution in [0.1, 0.15) is 109 Å². The summed E-state index contributed by atoms with van der Waals surface area (Å²) in [6.07, 6.45) is 16.1. The van der Waals surface area contributed by atoms with Gasteiger partial charge in [0.1, 0.15) is 0 Å². The van der Waals surface area contributed by atoms with Gasteiger partial charge in [0.15, 0.2) is 0 Å². The maximum Gasteiger partial charge on any atom is 0.0425 e. The predicted molar refractivity (Wildman–Crippen MR) is 148 cm³/mol. The number of allylic oxidation sites excluding steroid dienone is 7. The summed E-state index contributed by atoms with van der Waals surface area (Å²) in [5.41, 5.74) is 6.41. The Morgan fingerprint density at radius 1 is 0.812 bits per heavy atom. The minimum atomic E-state index is -1.30. The molecule has 3 atom stereocenters. The second-order valence-electron chi connectivity index (χ2n) is 10.1. The third-order valence-corrected chi connectivity index (χ3v) is 12.7. The van der Waals surface area contributed by atoms with E-state index in [1.54, 1.807) is 0 Å². The fraction of sp³-hybridized carbons (Fsp3) is 0.724. The van der Waals surface area contributed by atoms with Gasteiger partial charge in [-0.15, -0.1) is 0 Å². The summed E-state index contributed by atoms with van der Waals surface area (Å²) in [7, 11) is -1.30. The first-order valence-electron chi connectivity index (χ1n) is 12.8. The third-order valence-electron chi connectivity index (χ3n) is 6.73. The molecule has 1 aliphatic rings. The van der Waals surface area contributed by atoms with Crippen LogP contribution in [0.15, 0.2) is 52.0 Å². The van der Waals surface area contributed by atoms with Crippen molar-refractivity contribution in [1.29, 1.82) is 0 Å². The Balaban J connectivity index is 0. The Hall–Kier alpha value is -0.0957. The molecule has 0 N–H and O–H groups in total. The van der Waals surface area contributed by atoms with E-state index in [2.05, 4.69) is 113 Å². The standard InChI is InChI=1S/C17H32NP.C12H22.Ti/c1-7-14(4)19(15(5)8-2,16(6)9-3)18-17-12-10-11-13-17;1-9(2)7-11(5)12(6)8-10(3)4;/h10-12,14-16H,7-9,13H2,1-6H3;7-10H,1-6H3;. The van der Waals surface area contributed by atoms with Crippen LogP contribution in [0.25, 0.3) is 0 Å². The predicted octanol–water partition coefficient (Wildman–Crippen LogP) is 10.6. The maximum absolute atomic E-state index is 5.43. The zero-order chi connectivity index (χ0) is 24.2. The van der Waals surface area contributed by atoms with Crippen LogP contribution >= 0.6 is 7.05 Å². The molecule has 32 heavy (non-hydrogen) atoms. The van der Waals surface area contributed by atoms with Crippen molar-refractivity contribution in [2.45, 2.75) is 126 Å². The van der Waals surface area contributed by atoms with Gasteiger partial charge in [-0.3, -0.25) is 4.74 Å². The van der Waals surface area contributed by atoms with E-state index < -0.39 is 7.05 Å². The summed E-state index contributed by atoms with van der Waals surface area (Å²) in [6.45, 7) is 27.6. The van der Waals surface area contributed by atoms with Crippen molar-refractivity contribution in [1.82, 2.24) is 0 Å². The average Bonchev–Trinajstić information content (AvgIpc) is 3.22. The van der Waals surface area contributed by atoms with E-state index in [0.29, 0.717) is 11.8 Å². The van der Waals surface area contributed by atoms with Crippen LogP contribution in [-0.2, 0) is 21.7 Å². The quantitative estimate of drug-likeness (QED) is 0.162. The van der Waals surface area contributed by atoms with Crippen molar-refractivity contribution in [3.8, 4) is 0 Å². The molecule has 0 amide bonds. The number of nitrogens with zero attached hydrogens (tertiary/aromatic N) is 1. The molecule has 1 aliphatic carbocycles. The van der Waals surface area contributed by atoms with Gasteiger partial charge in [-0.05, 0) is 75.1 Å². The molecule has 0 bridgehead atoms. The molecule has 0 saturated heterocycles. The minimum absolute atomic E-state index is 0. The Morgan fingerprint density at radius 3 is 1.44 bits per heavy atom. The van der Waals surface area contributed by atoms with E-state index in [9.17, 15) is 0 Å². The Morgan fingerprint density at radius 2 is 1.19 bits per heavy atom. The van der Waals surface area contributed by atoms with Crippen LogP contribution in [0.5, 0.6) is 0 Å². The molecule has 0 aromatic carbocycles. The Labute approximate surface area is 217 Å². The van der Waals surface area contributed by atoms with Crippen molar-refractivity contribution in [2.75, 3.05) is 0 Å². The summed E-state index contributed by atoms with van der Waals surface area (Å²) in [4.78, 5) is 0. The topological polar surface area (TPSA) is 12.4 Å². The molecule has 1 nitrogen and oxygen atoms in total. The van der Waals surface area contributed by atoms with Gasteiger partial charge in [-0.25, -0.2) is 0 Å². The fourth-order valence-electron chi connectivity index (χ4n) is 4.47. The molecule has 0 fully saturated rings. The van der Waals surface area contributed by atoms with Crippen molar-refractivity contribution in [3.05, 3.63) is 47.2 Å². The van der Waals surface area contributed by atoms with Gasteiger partial charge < -0.3 is 0 Å². The second kappa shape index (κ2) is 17.4. The van der Waals surface area contributed by atoms with Crippen LogP contribution in [0, 0.1) is 11.8 Å². The normalized spacial score (nSPS) is 18.9. The SMILES string of the molecule is CC(=CC(C)C)C(C)=CC(C)C.CCC(C)P(=NC1=CC=CC1)(C(C)CC)C(C)CC.[Ti]. The first-order chi connectivity index (χ1) is 14.5. The van der Waals surface area contributed by atoms with Crippen LogP contribution in [0.4, 0.5) is 0 Å². The van der Waals surface area contributed by atoms with Gasteiger partial charge in [-0.1, -0.05) is 105 Å². The molecular weight excluding hydrogens is 441 g/mol. The molecule has 0 saturated carbocycles. The molecule has 0 aromatic heterocycles. The Kier molecular flexibility index (Phi) is 18.5. The van der Waals surface area contributed by atoms with Crippen molar-refractivity contribution >= 4 is 7.05 Å². The average molecular weight is 496 g/mol. The van der Waals surface area contributed by atoms with Crippen molar-refractivity contribution in [3.63, 3.8) is 0 Å². The van der Waals surface area contributed by atoms with Gasteiger partial charge in [0, 0.05) is 33.8 Å². The smallest absolute Gasteiger partial charge is 0.0425 e. The molecule has 3 heteroatoms. The molecule has 0 aliphatic heterocycles. The summed E-state index contributed by atoms with van der Waals surface area (Å²) in [6, 6.07) is 0. The van der Waals surface area contributed by atoms with Crippen LogP contribution < -0.4 is 0 Å². The fourth-order valence-corrected chi connectivity index (χ4v) is 10.0. The molecular formula is C29H54NPTi. The summed E-state index contributed by atoms with van der Waals surface area (Å²) < 4.78 is 5.43. The molecule has 0 spiro atoms. The van der Waals surface area contributed by atoms with Crippen LogP contribution in [0.2, 0.25) is 0 Å². The van der Waals surface area contributed by atoms with Crippen LogP contribution in [0.3, 0.4) is 0 Å². The largest absolute Gasteiger partial charge is 0.271 e. The van der Waals surface area contributed by atoms with E-state index >= 15 is 0 Å². The second-order valence-corrected chi connectivity index (χ2v) is 14.6. The molecule has 184 valence electrons. The van der Waals surface area contributed by atoms with E-state index in [1.807, 2.05) is 0 Å². The van der Waals surface area contributed by atoms with E-state index in [-0.39, 0.29) is 21.7 Å². The molecule has 3 unspecified atom stereocenters. The van der Waals surface area contributed by atoms with E-state index in [0.717, 1.165) is 23.4 Å². The van der Waals surface area contributed by atoms with Crippen molar-refractivity contribution in [2.24, 2.45) is 16.6 Å². The van der Waals surface area contributed by atoms with Gasteiger partial charge in [0.25, 0.3) is 0 Å². The Bertz CT molecular complexity index is 639. The first kappa shape index (κ1) is 34.1. The number of hydrogen-bond donors (Lipinski definition) is 0. The van der Waals surface area contributed by atoms with E-state index in [1.165, 1.54) is 36.1 Å². The minimum Gasteiger partial charge on any atom is -0.271 e. The zero-order valence-electron chi connectivity index (χ0n) is 23.5. The molecule has 1 rings (SSSR count). The maximum atomic E-state index is 5.43. The third kappa shape index (κ3) is 10.9. The monoisotopic (exact) mass is 495 g/mol. The molecule has 0 aromatic rings. The zero-order valence-corrected chi connectivity index (χ0v) is 26.0. The van der Waals surface area contributed by atoms with Gasteiger partial charge in [0.05, 0.1) is 0 Å². The van der Waals surface area contributed by atoms with Gasteiger partial charge >= 0.3 is 0 Å². The summed E-state index contributed by atoms with van der Waals surface area (Å²) in [5.74, 6) is 1.31. The molecule has 0 heterocycles.